The second-order valence-corrected chi connectivity index (χ2v) is 8.01. The van der Waals surface area contributed by atoms with Crippen molar-refractivity contribution in [3.63, 3.8) is 0 Å². The molecule has 1 amide bonds. The molecule has 0 aliphatic carbocycles. The molecule has 7 nitrogen and oxygen atoms in total. The van der Waals surface area contributed by atoms with E-state index >= 15 is 0 Å². The van der Waals surface area contributed by atoms with Crippen LogP contribution in [0, 0.1) is 6.92 Å². The Morgan fingerprint density at radius 3 is 1.91 bits per heavy atom. The van der Waals surface area contributed by atoms with Crippen LogP contribution in [0.15, 0.2) is 41.4 Å². The molecule has 0 bridgehead atoms. The predicted octanol–water partition coefficient (Wildman–Crippen LogP) is 3.99. The van der Waals surface area contributed by atoms with E-state index in [0.29, 0.717) is 30.0 Å². The molecule has 1 aromatic carbocycles. The second-order valence-electron chi connectivity index (χ2n) is 6.33. The molecule has 2 N–H and O–H groups in total. The van der Waals surface area contributed by atoms with Gasteiger partial charge in [0, 0.05) is 17.6 Å². The van der Waals surface area contributed by atoms with E-state index in [9.17, 15) is 52.7 Å². The minimum Gasteiger partial charge on any atom is -0.321 e. The minimum absolute atomic E-state index is 0.333. The summed E-state index contributed by atoms with van der Waals surface area (Å²) in [6, 6.07) is 4.03. The summed E-state index contributed by atoms with van der Waals surface area (Å²) in [5, 5.41) is 1.04. The Morgan fingerprint density at radius 2 is 1.42 bits per heavy atom. The van der Waals surface area contributed by atoms with Crippen LogP contribution in [0.25, 0.3) is 0 Å². The van der Waals surface area contributed by atoms with Crippen LogP contribution in [0.3, 0.4) is 0 Å². The van der Waals surface area contributed by atoms with E-state index in [0.717, 1.165) is 5.32 Å². The molecule has 33 heavy (non-hydrogen) atoms. The van der Waals surface area contributed by atoms with Crippen LogP contribution >= 0.6 is 0 Å². The number of hydrogen-bond donors (Lipinski definition) is 2. The summed E-state index contributed by atoms with van der Waals surface area (Å²) in [5.74, 6) is -24.4. The number of carbonyl (C=O) groups excluding carboxylic acids is 1. The maximum Gasteiger partial charge on any atom is 0.460 e. The summed E-state index contributed by atoms with van der Waals surface area (Å²) in [7, 11) is -4.34. The number of anilines is 2. The standard InChI is InChI=1S/C16H11F9N4O3S/c1-8-6-7-26-12(27-8)29-33(31,32)10-4-2-9(3-5-10)28-11(30)13(17,18)14(19,20)15(21,22)16(23,24)25/h2-7H,1H3,(H,28,30)(H,26,27,29). The minimum atomic E-state index is -7.23. The molecule has 1 aromatic heterocycles. The summed E-state index contributed by atoms with van der Waals surface area (Å²) in [4.78, 5) is 18.3. The summed E-state index contributed by atoms with van der Waals surface area (Å²) >= 11 is 0. The van der Waals surface area contributed by atoms with Crippen LogP contribution in [0.5, 0.6) is 0 Å². The number of alkyl halides is 9. The fourth-order valence-corrected chi connectivity index (χ4v) is 3.07. The third-order valence-electron chi connectivity index (χ3n) is 3.87. The van der Waals surface area contributed by atoms with Gasteiger partial charge in [-0.2, -0.15) is 39.5 Å². The molecular formula is C16H11F9N4O3S. The van der Waals surface area contributed by atoms with Crippen molar-refractivity contribution in [1.82, 2.24) is 9.97 Å². The Balaban J connectivity index is 2.22. The molecular weight excluding hydrogens is 499 g/mol. The maximum absolute atomic E-state index is 13.6. The number of rotatable bonds is 7. The second kappa shape index (κ2) is 8.35. The van der Waals surface area contributed by atoms with Crippen molar-refractivity contribution in [2.24, 2.45) is 0 Å². The molecule has 2 aromatic rings. The van der Waals surface area contributed by atoms with Gasteiger partial charge in [-0.1, -0.05) is 0 Å². The smallest absolute Gasteiger partial charge is 0.321 e. The first-order chi connectivity index (χ1) is 14.8. The van der Waals surface area contributed by atoms with Gasteiger partial charge in [0.05, 0.1) is 4.90 Å². The highest BCUT2D eigenvalue weighted by Crippen LogP contribution is 2.53. The van der Waals surface area contributed by atoms with Crippen molar-refractivity contribution in [1.29, 1.82) is 0 Å². The molecule has 1 heterocycles. The summed E-state index contributed by atoms with van der Waals surface area (Å²) < 4.78 is 142. The number of halogens is 9. The molecule has 0 atom stereocenters. The van der Waals surface area contributed by atoms with E-state index in [1.165, 1.54) is 19.2 Å². The van der Waals surface area contributed by atoms with Crippen molar-refractivity contribution in [2.75, 3.05) is 10.0 Å². The highest BCUT2D eigenvalue weighted by atomic mass is 32.2. The molecule has 0 aliphatic rings. The number of carbonyl (C=O) groups is 1. The highest BCUT2D eigenvalue weighted by molar-refractivity contribution is 7.92. The quantitative estimate of drug-likeness (QED) is 0.549. The van der Waals surface area contributed by atoms with Gasteiger partial charge in [0.15, 0.2) is 0 Å². The molecule has 17 heteroatoms. The zero-order valence-corrected chi connectivity index (χ0v) is 16.7. The third kappa shape index (κ3) is 4.96. The van der Waals surface area contributed by atoms with Crippen molar-refractivity contribution in [2.45, 2.75) is 35.8 Å². The first-order valence-electron chi connectivity index (χ1n) is 8.27. The molecule has 0 spiro atoms. The Morgan fingerprint density at radius 1 is 0.879 bits per heavy atom. The van der Waals surface area contributed by atoms with Gasteiger partial charge in [0.25, 0.3) is 10.0 Å². The normalized spacial score (nSPS) is 13.5. The lowest BCUT2D eigenvalue weighted by molar-refractivity contribution is -0.388. The lowest BCUT2D eigenvalue weighted by Crippen LogP contribution is -2.64. The van der Waals surface area contributed by atoms with Crippen LogP contribution in [-0.4, -0.2) is 48.2 Å². The van der Waals surface area contributed by atoms with E-state index in [2.05, 4.69) is 9.97 Å². The maximum atomic E-state index is 13.6. The fraction of sp³-hybridized carbons (Fsp3) is 0.312. The van der Waals surface area contributed by atoms with Crippen molar-refractivity contribution >= 4 is 27.6 Å². The van der Waals surface area contributed by atoms with Gasteiger partial charge < -0.3 is 5.32 Å². The number of hydrogen-bond acceptors (Lipinski definition) is 5. The lowest BCUT2D eigenvalue weighted by atomic mass is 10.0. The van der Waals surface area contributed by atoms with Crippen LogP contribution in [0.1, 0.15) is 5.69 Å². The first-order valence-corrected chi connectivity index (χ1v) is 9.75. The average Bonchev–Trinajstić information content (AvgIpc) is 2.66. The Hall–Kier alpha value is -3.11. The zero-order valence-electron chi connectivity index (χ0n) is 15.9. The molecule has 0 radical (unpaired) electrons. The lowest BCUT2D eigenvalue weighted by Gasteiger charge is -2.32. The Labute approximate surface area is 179 Å². The molecule has 0 saturated carbocycles. The molecule has 0 aliphatic heterocycles. The van der Waals surface area contributed by atoms with Crippen molar-refractivity contribution in [3.8, 4) is 0 Å². The van der Waals surface area contributed by atoms with E-state index in [1.807, 2.05) is 4.72 Å². The summed E-state index contributed by atoms with van der Waals surface area (Å²) in [6.07, 6.45) is -5.85. The van der Waals surface area contributed by atoms with E-state index < -0.39 is 50.5 Å². The number of amides is 1. The number of aryl methyl sites for hydroxylation is 1. The number of sulfonamides is 1. The van der Waals surface area contributed by atoms with Crippen molar-refractivity contribution < 1.29 is 52.7 Å². The molecule has 0 saturated heterocycles. The van der Waals surface area contributed by atoms with E-state index in [4.69, 9.17) is 0 Å². The van der Waals surface area contributed by atoms with Gasteiger partial charge in [-0.25, -0.2) is 23.1 Å². The third-order valence-corrected chi connectivity index (χ3v) is 5.22. The monoisotopic (exact) mass is 510 g/mol. The van der Waals surface area contributed by atoms with Gasteiger partial charge in [-0.05, 0) is 37.3 Å². The van der Waals surface area contributed by atoms with Crippen LogP contribution in [0.2, 0.25) is 0 Å². The summed E-state index contributed by atoms with van der Waals surface area (Å²) in [5.41, 5.74) is -0.411. The zero-order chi connectivity index (χ0) is 25.5. The summed E-state index contributed by atoms with van der Waals surface area (Å²) in [6.45, 7) is 1.53. The van der Waals surface area contributed by atoms with Gasteiger partial charge in [-0.3, -0.25) is 4.79 Å². The molecule has 2 rings (SSSR count). The molecule has 182 valence electrons. The number of nitrogens with one attached hydrogen (secondary N) is 2. The van der Waals surface area contributed by atoms with Crippen LogP contribution in [0.4, 0.5) is 51.1 Å². The largest absolute Gasteiger partial charge is 0.460 e. The van der Waals surface area contributed by atoms with E-state index in [-0.39, 0.29) is 5.95 Å². The fourth-order valence-electron chi connectivity index (χ4n) is 2.12. The van der Waals surface area contributed by atoms with E-state index in [1.54, 1.807) is 0 Å². The van der Waals surface area contributed by atoms with Gasteiger partial charge in [0.2, 0.25) is 5.95 Å². The number of aromatic nitrogens is 2. The van der Waals surface area contributed by atoms with Crippen LogP contribution < -0.4 is 10.0 Å². The Kier molecular flexibility index (Phi) is 6.61. The average molecular weight is 510 g/mol. The Bertz CT molecular complexity index is 1140. The highest BCUT2D eigenvalue weighted by Gasteiger charge is 2.83. The first kappa shape index (κ1) is 26.1. The van der Waals surface area contributed by atoms with Gasteiger partial charge in [-0.15, -0.1) is 0 Å². The SMILES string of the molecule is Cc1ccnc(NS(=O)(=O)c2ccc(NC(=O)C(F)(F)C(F)(F)C(F)(F)C(F)(F)F)cc2)n1. The van der Waals surface area contributed by atoms with Crippen LogP contribution in [-0.2, 0) is 14.8 Å². The van der Waals surface area contributed by atoms with Gasteiger partial charge in [0.1, 0.15) is 0 Å². The molecule has 0 fully saturated rings. The predicted molar refractivity (Wildman–Crippen MR) is 93.5 cm³/mol. The number of benzene rings is 1. The van der Waals surface area contributed by atoms with Crippen molar-refractivity contribution in [3.05, 3.63) is 42.2 Å². The van der Waals surface area contributed by atoms with Gasteiger partial charge >= 0.3 is 29.9 Å². The number of nitrogens with zero attached hydrogens (tertiary/aromatic N) is 2. The molecule has 0 unspecified atom stereocenters. The topological polar surface area (TPSA) is 101 Å².